The zero-order chi connectivity index (χ0) is 20.1. The number of aliphatic hydroxyl groups excluding tert-OH is 1. The summed E-state index contributed by atoms with van der Waals surface area (Å²) < 4.78 is 13.6. The second-order valence-electron chi connectivity index (χ2n) is 7.29. The summed E-state index contributed by atoms with van der Waals surface area (Å²) in [7, 11) is 0. The second kappa shape index (κ2) is 9.44. The lowest BCUT2D eigenvalue weighted by molar-refractivity contribution is 0.282. The van der Waals surface area contributed by atoms with Gasteiger partial charge in [-0.15, -0.1) is 0 Å². The second-order valence-corrected chi connectivity index (χ2v) is 7.67. The summed E-state index contributed by atoms with van der Waals surface area (Å²) in [5.41, 5.74) is 5.04. The molecule has 2 aromatic carbocycles. The van der Waals surface area contributed by atoms with Gasteiger partial charge < -0.3 is 15.3 Å². The molecular formula is C23H26ClFO3. The van der Waals surface area contributed by atoms with Crippen molar-refractivity contribution in [3.05, 3.63) is 57.9 Å². The maximum absolute atomic E-state index is 13.6. The fourth-order valence-electron chi connectivity index (χ4n) is 3.96. The maximum Gasteiger partial charge on any atom is 0.164 e. The number of allylic oxidation sites excluding steroid dienone is 2. The predicted octanol–water partition coefficient (Wildman–Crippen LogP) is 6.08. The Morgan fingerprint density at radius 2 is 1.71 bits per heavy atom. The number of benzene rings is 2. The number of phenolic OH excluding ortho intramolecular Hbond substituents is 2. The van der Waals surface area contributed by atoms with E-state index in [1.54, 1.807) is 12.1 Å². The number of unbranched alkanes of at least 4 members (excludes halogenated alkanes) is 3. The van der Waals surface area contributed by atoms with Crippen LogP contribution in [0.2, 0.25) is 5.02 Å². The monoisotopic (exact) mass is 404 g/mol. The number of rotatable bonds is 7. The van der Waals surface area contributed by atoms with Gasteiger partial charge >= 0.3 is 0 Å². The Balaban J connectivity index is 2.04. The van der Waals surface area contributed by atoms with E-state index in [9.17, 15) is 14.6 Å². The normalized spacial score (nSPS) is 14.1. The van der Waals surface area contributed by atoms with E-state index in [1.807, 2.05) is 6.07 Å². The molecule has 5 heteroatoms. The van der Waals surface area contributed by atoms with Crippen LogP contribution in [0.4, 0.5) is 4.39 Å². The van der Waals surface area contributed by atoms with Gasteiger partial charge in [-0.25, -0.2) is 4.39 Å². The quantitative estimate of drug-likeness (QED) is 0.490. The minimum atomic E-state index is -0.628. The number of phenols is 2. The molecule has 3 nitrogen and oxygen atoms in total. The summed E-state index contributed by atoms with van der Waals surface area (Å²) in [5.74, 6) is -0.886. The molecule has 0 heterocycles. The molecule has 0 saturated heterocycles. The molecule has 0 radical (unpaired) electrons. The van der Waals surface area contributed by atoms with Crippen LogP contribution < -0.4 is 0 Å². The average Bonchev–Trinajstić information content (AvgIpc) is 2.87. The fourth-order valence-corrected chi connectivity index (χ4v) is 4.22. The maximum atomic E-state index is 13.6. The Labute approximate surface area is 170 Å². The molecular weight excluding hydrogens is 379 g/mol. The zero-order valence-corrected chi connectivity index (χ0v) is 16.6. The highest BCUT2D eigenvalue weighted by Gasteiger charge is 2.22. The van der Waals surface area contributed by atoms with Gasteiger partial charge in [0.2, 0.25) is 0 Å². The number of hydrogen-bond acceptors (Lipinski definition) is 3. The van der Waals surface area contributed by atoms with Crippen molar-refractivity contribution in [2.45, 2.75) is 51.4 Å². The first-order valence-corrected chi connectivity index (χ1v) is 10.2. The summed E-state index contributed by atoms with van der Waals surface area (Å²) in [5, 5.41) is 29.3. The lowest BCUT2D eigenvalue weighted by Crippen LogP contribution is -1.96. The first-order chi connectivity index (χ1) is 13.5. The topological polar surface area (TPSA) is 60.7 Å². The standard InChI is InChI=1S/C23H26ClFO3/c24-23-19-8-5-7-16(15-9-11-20(25)22(28)14-15)17(6-3-1-2-4-13-26)18(19)10-12-21(23)27/h9-12,14,26-28H,1-8,13H2. The molecule has 0 unspecified atom stereocenters. The third kappa shape index (κ3) is 4.50. The van der Waals surface area contributed by atoms with Gasteiger partial charge in [0.05, 0.1) is 5.02 Å². The molecule has 2 aromatic rings. The van der Waals surface area contributed by atoms with E-state index in [0.717, 1.165) is 79.2 Å². The number of aromatic hydroxyl groups is 2. The van der Waals surface area contributed by atoms with Crippen LogP contribution in [-0.2, 0) is 6.42 Å². The van der Waals surface area contributed by atoms with Crippen LogP contribution in [0.3, 0.4) is 0 Å². The molecule has 0 aromatic heterocycles. The van der Waals surface area contributed by atoms with E-state index < -0.39 is 5.82 Å². The Morgan fingerprint density at radius 3 is 2.46 bits per heavy atom. The van der Waals surface area contributed by atoms with E-state index in [4.69, 9.17) is 16.7 Å². The highest BCUT2D eigenvalue weighted by Crippen LogP contribution is 2.43. The summed E-state index contributed by atoms with van der Waals surface area (Å²) in [6.07, 6.45) is 6.98. The SMILES string of the molecule is OCCCCCCC1=C(c2ccc(F)c(O)c2)CCCc2c1ccc(O)c2Cl. The summed E-state index contributed by atoms with van der Waals surface area (Å²) in [6.45, 7) is 0.209. The Morgan fingerprint density at radius 1 is 0.929 bits per heavy atom. The van der Waals surface area contributed by atoms with Crippen LogP contribution in [0, 0.1) is 5.82 Å². The highest BCUT2D eigenvalue weighted by molar-refractivity contribution is 6.33. The Kier molecular flexibility index (Phi) is 6.97. The van der Waals surface area contributed by atoms with Crippen LogP contribution >= 0.6 is 11.6 Å². The summed E-state index contributed by atoms with van der Waals surface area (Å²) in [4.78, 5) is 0. The molecule has 0 spiro atoms. The molecule has 3 N–H and O–H groups in total. The summed E-state index contributed by atoms with van der Waals surface area (Å²) in [6, 6.07) is 8.03. The number of aliphatic hydroxyl groups is 1. The van der Waals surface area contributed by atoms with Gasteiger partial charge in [-0.05, 0) is 84.6 Å². The first-order valence-electron chi connectivity index (χ1n) is 9.85. The van der Waals surface area contributed by atoms with Gasteiger partial charge in [0.15, 0.2) is 11.6 Å². The van der Waals surface area contributed by atoms with Crippen molar-refractivity contribution in [2.24, 2.45) is 0 Å². The van der Waals surface area contributed by atoms with Gasteiger partial charge in [0.1, 0.15) is 5.75 Å². The molecule has 0 fully saturated rings. The molecule has 3 rings (SSSR count). The number of halogens is 2. The van der Waals surface area contributed by atoms with Gasteiger partial charge in [0.25, 0.3) is 0 Å². The molecule has 28 heavy (non-hydrogen) atoms. The van der Waals surface area contributed by atoms with Gasteiger partial charge in [-0.3, -0.25) is 0 Å². The molecule has 150 valence electrons. The van der Waals surface area contributed by atoms with Crippen LogP contribution in [0.5, 0.6) is 11.5 Å². The number of fused-ring (bicyclic) bond motifs is 1. The Bertz CT molecular complexity index is 876. The minimum Gasteiger partial charge on any atom is -0.506 e. The van der Waals surface area contributed by atoms with Crippen LogP contribution in [0.15, 0.2) is 30.3 Å². The third-order valence-corrected chi connectivity index (χ3v) is 5.82. The molecule has 0 bridgehead atoms. The van der Waals surface area contributed by atoms with Crippen molar-refractivity contribution < 1.29 is 19.7 Å². The molecule has 0 aliphatic heterocycles. The van der Waals surface area contributed by atoms with Crippen molar-refractivity contribution >= 4 is 22.7 Å². The number of hydrogen-bond donors (Lipinski definition) is 3. The smallest absolute Gasteiger partial charge is 0.164 e. The van der Waals surface area contributed by atoms with Crippen LogP contribution in [-0.4, -0.2) is 21.9 Å². The molecule has 0 atom stereocenters. The van der Waals surface area contributed by atoms with E-state index in [0.29, 0.717) is 5.02 Å². The largest absolute Gasteiger partial charge is 0.506 e. The molecule has 0 saturated carbocycles. The summed E-state index contributed by atoms with van der Waals surface area (Å²) >= 11 is 6.40. The first kappa shape index (κ1) is 20.7. The van der Waals surface area contributed by atoms with Gasteiger partial charge in [-0.1, -0.05) is 36.6 Å². The average molecular weight is 405 g/mol. The van der Waals surface area contributed by atoms with E-state index in [1.165, 1.54) is 12.1 Å². The lowest BCUT2D eigenvalue weighted by atomic mass is 9.89. The lowest BCUT2D eigenvalue weighted by Gasteiger charge is -2.17. The van der Waals surface area contributed by atoms with Crippen molar-refractivity contribution in [1.82, 2.24) is 0 Å². The minimum absolute atomic E-state index is 0.0885. The van der Waals surface area contributed by atoms with E-state index in [-0.39, 0.29) is 18.1 Å². The molecule has 0 amide bonds. The van der Waals surface area contributed by atoms with Crippen LogP contribution in [0.25, 0.3) is 11.1 Å². The van der Waals surface area contributed by atoms with E-state index >= 15 is 0 Å². The zero-order valence-electron chi connectivity index (χ0n) is 15.8. The van der Waals surface area contributed by atoms with Gasteiger partial charge in [0, 0.05) is 6.61 Å². The van der Waals surface area contributed by atoms with Crippen molar-refractivity contribution in [2.75, 3.05) is 6.61 Å². The van der Waals surface area contributed by atoms with Crippen molar-refractivity contribution in [1.29, 1.82) is 0 Å². The molecule has 1 aliphatic carbocycles. The third-order valence-electron chi connectivity index (χ3n) is 5.40. The molecule has 1 aliphatic rings. The van der Waals surface area contributed by atoms with Crippen molar-refractivity contribution in [3.63, 3.8) is 0 Å². The van der Waals surface area contributed by atoms with E-state index in [2.05, 4.69) is 0 Å². The van der Waals surface area contributed by atoms with Gasteiger partial charge in [-0.2, -0.15) is 0 Å². The van der Waals surface area contributed by atoms with Crippen LogP contribution in [0.1, 0.15) is 61.6 Å². The Hall–Kier alpha value is -2.04. The van der Waals surface area contributed by atoms with Crippen molar-refractivity contribution in [3.8, 4) is 11.5 Å². The highest BCUT2D eigenvalue weighted by atomic mass is 35.5. The predicted molar refractivity (Wildman–Crippen MR) is 111 cm³/mol. The fraction of sp³-hybridized carbons (Fsp3) is 0.391.